The Labute approximate surface area is 143 Å². The van der Waals surface area contributed by atoms with E-state index in [2.05, 4.69) is 0 Å². The highest BCUT2D eigenvalue weighted by atomic mass is 16.8. The van der Waals surface area contributed by atoms with Gasteiger partial charge >= 0.3 is 0 Å². The van der Waals surface area contributed by atoms with Crippen molar-refractivity contribution in [1.29, 1.82) is 0 Å². The van der Waals surface area contributed by atoms with Crippen LogP contribution in [0.5, 0.6) is 0 Å². The molecule has 2 heterocycles. The van der Waals surface area contributed by atoms with Crippen LogP contribution in [0, 0.1) is 0 Å². The SMILES string of the molecule is CCOC[C@H]1O[C@H](O[C@]2(CO)O[C@H](CO)[C@@H](O)[C@@H]2O)[C@H](O)[C@@H](O)[C@@H]1O. The van der Waals surface area contributed by atoms with Crippen LogP contribution in [0.3, 0.4) is 0 Å². The minimum Gasteiger partial charge on any atom is -0.394 e. The molecule has 0 aromatic carbocycles. The average molecular weight is 370 g/mol. The van der Waals surface area contributed by atoms with Crippen LogP contribution in [-0.4, -0.2) is 117 Å². The van der Waals surface area contributed by atoms with Gasteiger partial charge in [0.2, 0.25) is 5.79 Å². The molecule has 2 aliphatic rings. The lowest BCUT2D eigenvalue weighted by Gasteiger charge is -2.43. The topological polar surface area (TPSA) is 179 Å². The standard InChI is InChI=1S/C14H26O11/c1-2-22-4-7-8(17)10(19)11(20)13(23-7)25-14(5-16)12(21)9(18)6(3-15)24-14/h6-13,15-21H,2-5H2,1H3/t6-,7-,8-,9-,10+,11-,12+,13-,14+/m1/s1. The van der Waals surface area contributed by atoms with Gasteiger partial charge in [-0.3, -0.25) is 0 Å². The second-order valence-electron chi connectivity index (χ2n) is 6.04. The van der Waals surface area contributed by atoms with Crippen LogP contribution >= 0.6 is 0 Å². The van der Waals surface area contributed by atoms with E-state index in [1.54, 1.807) is 6.92 Å². The Kier molecular flexibility index (Phi) is 7.09. The molecule has 2 saturated heterocycles. The molecule has 2 fully saturated rings. The molecule has 2 rings (SSSR count). The van der Waals surface area contributed by atoms with Crippen molar-refractivity contribution in [3.63, 3.8) is 0 Å². The zero-order valence-electron chi connectivity index (χ0n) is 13.7. The highest BCUT2D eigenvalue weighted by Crippen LogP contribution is 2.35. The zero-order valence-corrected chi connectivity index (χ0v) is 13.7. The molecular weight excluding hydrogens is 344 g/mol. The van der Waals surface area contributed by atoms with Gasteiger partial charge in [-0.15, -0.1) is 0 Å². The van der Waals surface area contributed by atoms with E-state index in [1.807, 2.05) is 0 Å². The highest BCUT2D eigenvalue weighted by Gasteiger charge is 2.58. The summed E-state index contributed by atoms with van der Waals surface area (Å²) in [7, 11) is 0. The monoisotopic (exact) mass is 370 g/mol. The van der Waals surface area contributed by atoms with Crippen LogP contribution in [0.1, 0.15) is 6.92 Å². The van der Waals surface area contributed by atoms with Crippen LogP contribution in [0.25, 0.3) is 0 Å². The summed E-state index contributed by atoms with van der Waals surface area (Å²) in [5.74, 6) is -2.18. The van der Waals surface area contributed by atoms with Crippen LogP contribution in [0.15, 0.2) is 0 Å². The first-order valence-electron chi connectivity index (χ1n) is 8.02. The molecule has 0 amide bonds. The first-order chi connectivity index (χ1) is 11.8. The van der Waals surface area contributed by atoms with Crippen molar-refractivity contribution in [3.8, 4) is 0 Å². The highest BCUT2D eigenvalue weighted by molar-refractivity contribution is 4.98. The summed E-state index contributed by atoms with van der Waals surface area (Å²) in [6.07, 6.45) is -12.0. The third-order valence-corrected chi connectivity index (χ3v) is 4.38. The van der Waals surface area contributed by atoms with Crippen molar-refractivity contribution >= 4 is 0 Å². The summed E-state index contributed by atoms with van der Waals surface area (Å²) >= 11 is 0. The Hall–Kier alpha value is -0.440. The Morgan fingerprint density at radius 1 is 0.920 bits per heavy atom. The molecule has 0 aromatic rings. The summed E-state index contributed by atoms with van der Waals surface area (Å²) in [5, 5.41) is 68.6. The first-order valence-corrected chi connectivity index (χ1v) is 8.02. The van der Waals surface area contributed by atoms with Crippen molar-refractivity contribution in [1.82, 2.24) is 0 Å². The molecule has 0 unspecified atom stereocenters. The van der Waals surface area contributed by atoms with Crippen LogP contribution in [0.4, 0.5) is 0 Å². The lowest BCUT2D eigenvalue weighted by molar-refractivity contribution is -0.384. The van der Waals surface area contributed by atoms with E-state index in [9.17, 15) is 30.6 Å². The fraction of sp³-hybridized carbons (Fsp3) is 1.00. The molecule has 0 aromatic heterocycles. The third kappa shape index (κ3) is 3.96. The maximum atomic E-state index is 10.1. The molecule has 7 N–H and O–H groups in total. The lowest BCUT2D eigenvalue weighted by atomic mass is 9.99. The van der Waals surface area contributed by atoms with Crippen LogP contribution in [-0.2, 0) is 18.9 Å². The minimum atomic E-state index is -2.18. The maximum Gasteiger partial charge on any atom is 0.224 e. The molecule has 0 radical (unpaired) electrons. The Morgan fingerprint density at radius 2 is 1.60 bits per heavy atom. The number of rotatable bonds is 7. The molecule has 0 saturated carbocycles. The van der Waals surface area contributed by atoms with E-state index in [0.29, 0.717) is 6.61 Å². The summed E-state index contributed by atoms with van der Waals surface area (Å²) < 4.78 is 21.1. The predicted molar refractivity (Wildman–Crippen MR) is 78.0 cm³/mol. The van der Waals surface area contributed by atoms with Gasteiger partial charge in [0.05, 0.1) is 13.2 Å². The van der Waals surface area contributed by atoms with Crippen LogP contribution in [0.2, 0.25) is 0 Å². The van der Waals surface area contributed by atoms with E-state index in [1.165, 1.54) is 0 Å². The minimum absolute atomic E-state index is 0.0985. The second kappa shape index (κ2) is 8.50. The zero-order chi connectivity index (χ0) is 18.8. The average Bonchev–Trinajstić information content (AvgIpc) is 2.86. The normalized spacial score (nSPS) is 48.0. The van der Waals surface area contributed by atoms with Gasteiger partial charge in [0.25, 0.3) is 0 Å². The second-order valence-corrected chi connectivity index (χ2v) is 6.04. The number of hydrogen-bond acceptors (Lipinski definition) is 11. The Bertz CT molecular complexity index is 424. The molecular formula is C14H26O11. The van der Waals surface area contributed by atoms with E-state index in [-0.39, 0.29) is 6.61 Å². The van der Waals surface area contributed by atoms with Gasteiger partial charge in [0.1, 0.15) is 49.3 Å². The van der Waals surface area contributed by atoms with Gasteiger partial charge < -0.3 is 54.7 Å². The predicted octanol–water partition coefficient (Wildman–Crippen LogP) is -4.35. The molecule has 0 spiro atoms. The molecule has 148 valence electrons. The Balaban J connectivity index is 2.15. The Morgan fingerprint density at radius 3 is 2.12 bits per heavy atom. The summed E-state index contributed by atoms with van der Waals surface area (Å²) in [4.78, 5) is 0. The fourth-order valence-corrected chi connectivity index (χ4v) is 2.85. The van der Waals surface area contributed by atoms with E-state index < -0.39 is 68.0 Å². The number of hydrogen-bond donors (Lipinski definition) is 7. The third-order valence-electron chi connectivity index (χ3n) is 4.38. The smallest absolute Gasteiger partial charge is 0.224 e. The molecule has 11 heteroatoms. The summed E-state index contributed by atoms with van der Waals surface area (Å²) in [6.45, 7) is 0.366. The summed E-state index contributed by atoms with van der Waals surface area (Å²) in [6, 6.07) is 0. The quantitative estimate of drug-likeness (QED) is 0.230. The first kappa shape index (κ1) is 20.9. The van der Waals surface area contributed by atoms with Gasteiger partial charge in [0, 0.05) is 6.61 Å². The molecule has 25 heavy (non-hydrogen) atoms. The van der Waals surface area contributed by atoms with E-state index >= 15 is 0 Å². The van der Waals surface area contributed by atoms with Gasteiger partial charge in [-0.25, -0.2) is 0 Å². The number of aliphatic hydroxyl groups is 7. The van der Waals surface area contributed by atoms with Crippen LogP contribution < -0.4 is 0 Å². The van der Waals surface area contributed by atoms with Gasteiger partial charge in [-0.1, -0.05) is 0 Å². The molecule has 2 aliphatic heterocycles. The van der Waals surface area contributed by atoms with E-state index in [4.69, 9.17) is 24.1 Å². The largest absolute Gasteiger partial charge is 0.394 e. The van der Waals surface area contributed by atoms with Gasteiger partial charge in [0.15, 0.2) is 6.29 Å². The molecule has 0 bridgehead atoms. The maximum absolute atomic E-state index is 10.1. The van der Waals surface area contributed by atoms with Crippen molar-refractivity contribution < 1.29 is 54.7 Å². The van der Waals surface area contributed by atoms with Gasteiger partial charge in [-0.05, 0) is 6.92 Å². The van der Waals surface area contributed by atoms with Crippen molar-refractivity contribution in [2.75, 3.05) is 26.4 Å². The number of aliphatic hydroxyl groups excluding tert-OH is 7. The molecule has 0 aliphatic carbocycles. The van der Waals surface area contributed by atoms with Crippen molar-refractivity contribution in [2.45, 2.75) is 61.7 Å². The van der Waals surface area contributed by atoms with Gasteiger partial charge in [-0.2, -0.15) is 0 Å². The number of ether oxygens (including phenoxy) is 4. The summed E-state index contributed by atoms with van der Waals surface area (Å²) in [5.41, 5.74) is 0. The fourth-order valence-electron chi connectivity index (χ4n) is 2.85. The lowest BCUT2D eigenvalue weighted by Crippen LogP contribution is -2.62. The van der Waals surface area contributed by atoms with Crippen molar-refractivity contribution in [2.24, 2.45) is 0 Å². The molecule has 11 nitrogen and oxygen atoms in total. The molecule has 9 atom stereocenters. The van der Waals surface area contributed by atoms with E-state index in [0.717, 1.165) is 0 Å². The van der Waals surface area contributed by atoms with Crippen molar-refractivity contribution in [3.05, 3.63) is 0 Å².